The Balaban J connectivity index is 1.57. The van der Waals surface area contributed by atoms with Crippen molar-refractivity contribution in [1.29, 1.82) is 0 Å². The second-order valence-corrected chi connectivity index (χ2v) is 11.0. The molecule has 39 heavy (non-hydrogen) atoms. The third-order valence-corrected chi connectivity index (χ3v) is 7.55. The Kier molecular flexibility index (Phi) is 8.31. The quantitative estimate of drug-likeness (QED) is 0.366. The maximum atomic E-state index is 13.8. The SMILES string of the molecule is CC(=O)N(c1ccc(Cl)cc1)C1CC(C)N(C(=O)c2ccc(OCCC(C)(C)C(N)=O)cc2)c2ccccc21. The van der Waals surface area contributed by atoms with Gasteiger partial charge in [0.05, 0.1) is 12.6 Å². The first-order chi connectivity index (χ1) is 18.5. The summed E-state index contributed by atoms with van der Waals surface area (Å²) >= 11 is 6.09. The van der Waals surface area contributed by atoms with Crippen LogP contribution in [0.2, 0.25) is 5.02 Å². The predicted molar refractivity (Wildman–Crippen MR) is 154 cm³/mol. The van der Waals surface area contributed by atoms with Crippen molar-refractivity contribution in [1.82, 2.24) is 0 Å². The summed E-state index contributed by atoms with van der Waals surface area (Å²) in [6.45, 7) is 7.46. The predicted octanol–water partition coefficient (Wildman–Crippen LogP) is 6.15. The van der Waals surface area contributed by atoms with Gasteiger partial charge in [-0.05, 0) is 79.9 Å². The molecule has 3 aromatic rings. The molecular weight excluding hydrogens is 514 g/mol. The lowest BCUT2D eigenvalue weighted by Gasteiger charge is -2.43. The van der Waals surface area contributed by atoms with E-state index in [0.717, 1.165) is 16.9 Å². The molecule has 0 saturated carbocycles. The molecule has 7 nitrogen and oxygen atoms in total. The van der Waals surface area contributed by atoms with E-state index in [1.807, 2.05) is 43.3 Å². The Morgan fingerprint density at radius 1 is 1.03 bits per heavy atom. The van der Waals surface area contributed by atoms with Crippen molar-refractivity contribution in [3.63, 3.8) is 0 Å². The van der Waals surface area contributed by atoms with Gasteiger partial charge in [0.15, 0.2) is 0 Å². The lowest BCUT2D eigenvalue weighted by atomic mass is 9.89. The topological polar surface area (TPSA) is 92.9 Å². The first kappa shape index (κ1) is 28.2. The average Bonchev–Trinajstić information content (AvgIpc) is 2.89. The molecule has 1 aliphatic rings. The summed E-state index contributed by atoms with van der Waals surface area (Å²) in [5, 5.41) is 0.599. The fourth-order valence-electron chi connectivity index (χ4n) is 4.90. The van der Waals surface area contributed by atoms with Crippen molar-refractivity contribution in [3.8, 4) is 5.75 Å². The molecule has 0 aromatic heterocycles. The highest BCUT2D eigenvalue weighted by Crippen LogP contribution is 2.43. The molecular formula is C31H34ClN3O4. The summed E-state index contributed by atoms with van der Waals surface area (Å²) in [6, 6.07) is 21.5. The van der Waals surface area contributed by atoms with Gasteiger partial charge in [0.1, 0.15) is 5.75 Å². The Bertz CT molecular complexity index is 1360. The largest absolute Gasteiger partial charge is 0.494 e. The Morgan fingerprint density at radius 3 is 2.28 bits per heavy atom. The molecule has 0 fully saturated rings. The number of nitrogens with zero attached hydrogens (tertiary/aromatic N) is 2. The Hall–Kier alpha value is -3.84. The standard InChI is InChI=1S/C31H34ClN3O4/c1-20-19-28(35(21(2)36)24-13-11-23(32)12-14-24)26-7-5-6-8-27(26)34(20)29(37)22-9-15-25(16-10-22)39-18-17-31(3,4)30(33)38/h5-16,20,28H,17-19H2,1-4H3,(H2,33,38). The van der Waals surface area contributed by atoms with Crippen molar-refractivity contribution in [2.45, 2.75) is 52.6 Å². The highest BCUT2D eigenvalue weighted by molar-refractivity contribution is 6.30. The van der Waals surface area contributed by atoms with Gasteiger partial charge in [-0.25, -0.2) is 0 Å². The van der Waals surface area contributed by atoms with E-state index in [0.29, 0.717) is 35.8 Å². The van der Waals surface area contributed by atoms with Gasteiger partial charge in [0, 0.05) is 40.3 Å². The third kappa shape index (κ3) is 6.09. The fraction of sp³-hybridized carbons (Fsp3) is 0.323. The highest BCUT2D eigenvalue weighted by Gasteiger charge is 2.38. The molecule has 2 N–H and O–H groups in total. The third-order valence-electron chi connectivity index (χ3n) is 7.30. The van der Waals surface area contributed by atoms with Crippen LogP contribution in [-0.4, -0.2) is 30.4 Å². The van der Waals surface area contributed by atoms with Gasteiger partial charge in [0.25, 0.3) is 5.91 Å². The monoisotopic (exact) mass is 547 g/mol. The van der Waals surface area contributed by atoms with Crippen LogP contribution < -0.4 is 20.3 Å². The minimum atomic E-state index is -0.656. The van der Waals surface area contributed by atoms with Crippen molar-refractivity contribution in [2.24, 2.45) is 11.1 Å². The zero-order chi connectivity index (χ0) is 28.3. The molecule has 3 amide bonds. The molecule has 2 atom stereocenters. The van der Waals surface area contributed by atoms with Gasteiger partial charge in [-0.1, -0.05) is 43.6 Å². The summed E-state index contributed by atoms with van der Waals surface area (Å²) in [5.41, 5.74) is 7.75. The molecule has 0 radical (unpaired) electrons. The molecule has 1 heterocycles. The number of carbonyl (C=O) groups excluding carboxylic acids is 3. The van der Waals surface area contributed by atoms with E-state index in [4.69, 9.17) is 22.1 Å². The number of para-hydroxylation sites is 1. The number of hydrogen-bond donors (Lipinski definition) is 1. The molecule has 0 spiro atoms. The zero-order valence-corrected chi connectivity index (χ0v) is 23.4. The van der Waals surface area contributed by atoms with E-state index in [-0.39, 0.29) is 29.8 Å². The van der Waals surface area contributed by atoms with E-state index in [9.17, 15) is 14.4 Å². The molecule has 3 aromatic carbocycles. The van der Waals surface area contributed by atoms with Crippen molar-refractivity contribution in [3.05, 3.63) is 88.9 Å². The normalized spacial score (nSPS) is 16.8. The van der Waals surface area contributed by atoms with Gasteiger partial charge < -0.3 is 20.3 Å². The molecule has 0 bridgehead atoms. The van der Waals surface area contributed by atoms with Crippen molar-refractivity contribution >= 4 is 40.7 Å². The van der Waals surface area contributed by atoms with E-state index in [1.165, 1.54) is 0 Å². The number of hydrogen-bond acceptors (Lipinski definition) is 4. The van der Waals surface area contributed by atoms with Crippen LogP contribution in [0.5, 0.6) is 5.75 Å². The van der Waals surface area contributed by atoms with Crippen LogP contribution >= 0.6 is 11.6 Å². The summed E-state index contributed by atoms with van der Waals surface area (Å²) in [7, 11) is 0. The number of rotatable bonds is 8. The molecule has 1 aliphatic heterocycles. The minimum Gasteiger partial charge on any atom is -0.494 e. The van der Waals surface area contributed by atoms with Gasteiger partial charge in [-0.3, -0.25) is 14.4 Å². The number of benzene rings is 3. The first-order valence-corrected chi connectivity index (χ1v) is 13.4. The Labute approximate surface area is 234 Å². The number of carbonyl (C=O) groups is 3. The van der Waals surface area contributed by atoms with Crippen LogP contribution in [0.4, 0.5) is 11.4 Å². The summed E-state index contributed by atoms with van der Waals surface area (Å²) in [4.78, 5) is 41.7. The number of halogens is 1. The number of amides is 3. The maximum Gasteiger partial charge on any atom is 0.258 e. The first-order valence-electron chi connectivity index (χ1n) is 13.0. The second kappa shape index (κ2) is 11.5. The summed E-state index contributed by atoms with van der Waals surface area (Å²) in [5.74, 6) is 0.0263. The molecule has 4 rings (SSSR count). The van der Waals surface area contributed by atoms with Crippen LogP contribution in [0.3, 0.4) is 0 Å². The molecule has 204 valence electrons. The minimum absolute atomic E-state index is 0.0843. The van der Waals surface area contributed by atoms with E-state index in [2.05, 4.69) is 0 Å². The summed E-state index contributed by atoms with van der Waals surface area (Å²) < 4.78 is 5.78. The average molecular weight is 548 g/mol. The van der Waals surface area contributed by atoms with Crippen molar-refractivity contribution in [2.75, 3.05) is 16.4 Å². The van der Waals surface area contributed by atoms with E-state index >= 15 is 0 Å². The van der Waals surface area contributed by atoms with Gasteiger partial charge >= 0.3 is 0 Å². The molecule has 0 aliphatic carbocycles. The van der Waals surface area contributed by atoms with Crippen LogP contribution in [0, 0.1) is 5.41 Å². The van der Waals surface area contributed by atoms with Crippen LogP contribution in [0.15, 0.2) is 72.8 Å². The molecule has 0 saturated heterocycles. The number of anilines is 2. The van der Waals surface area contributed by atoms with E-state index in [1.54, 1.807) is 67.0 Å². The number of ether oxygens (including phenoxy) is 1. The van der Waals surface area contributed by atoms with Crippen LogP contribution in [-0.2, 0) is 9.59 Å². The van der Waals surface area contributed by atoms with Gasteiger partial charge in [0.2, 0.25) is 11.8 Å². The maximum absolute atomic E-state index is 13.8. The lowest BCUT2D eigenvalue weighted by molar-refractivity contribution is -0.126. The van der Waals surface area contributed by atoms with E-state index < -0.39 is 5.41 Å². The fourth-order valence-corrected chi connectivity index (χ4v) is 5.02. The zero-order valence-electron chi connectivity index (χ0n) is 22.7. The Morgan fingerprint density at radius 2 is 1.67 bits per heavy atom. The molecule has 8 heteroatoms. The lowest BCUT2D eigenvalue weighted by Crippen LogP contribution is -2.47. The molecule has 2 unspecified atom stereocenters. The smallest absolute Gasteiger partial charge is 0.258 e. The number of primary amides is 1. The number of fused-ring (bicyclic) bond motifs is 1. The van der Waals surface area contributed by atoms with Crippen molar-refractivity contribution < 1.29 is 19.1 Å². The van der Waals surface area contributed by atoms with Gasteiger partial charge in [-0.2, -0.15) is 0 Å². The highest BCUT2D eigenvalue weighted by atomic mass is 35.5. The van der Waals surface area contributed by atoms with Crippen LogP contribution in [0.1, 0.15) is 62.5 Å². The van der Waals surface area contributed by atoms with Crippen LogP contribution in [0.25, 0.3) is 0 Å². The second-order valence-electron chi connectivity index (χ2n) is 10.6. The van der Waals surface area contributed by atoms with Gasteiger partial charge in [-0.15, -0.1) is 0 Å². The summed E-state index contributed by atoms with van der Waals surface area (Å²) in [6.07, 6.45) is 1.06. The number of nitrogens with two attached hydrogens (primary N) is 1.